The molecule has 22 heavy (non-hydrogen) atoms. The molecule has 0 amide bonds. The van der Waals surface area contributed by atoms with E-state index in [9.17, 15) is 4.79 Å². The Hall–Kier alpha value is -2.80. The minimum atomic E-state index is -0.456. The Balaban J connectivity index is 2.32. The fourth-order valence-corrected chi connectivity index (χ4v) is 1.87. The molecular weight excluding hydrogens is 278 g/mol. The van der Waals surface area contributed by atoms with E-state index in [0.29, 0.717) is 0 Å². The molecule has 0 aliphatic rings. The molecule has 4 heteroatoms. The first-order valence-corrected chi connectivity index (χ1v) is 6.91. The maximum absolute atomic E-state index is 11.6. The number of hydrogen-bond acceptors (Lipinski definition) is 4. The van der Waals surface area contributed by atoms with Gasteiger partial charge in [0, 0.05) is 16.8 Å². The molecule has 2 rings (SSSR count). The molecule has 0 N–H and O–H groups in total. The molecule has 112 valence electrons. The molecule has 1 heterocycles. The summed E-state index contributed by atoms with van der Waals surface area (Å²) in [6.45, 7) is 1.98. The van der Waals surface area contributed by atoms with Crippen molar-refractivity contribution in [3.8, 4) is 17.6 Å². The van der Waals surface area contributed by atoms with Gasteiger partial charge in [0.1, 0.15) is 11.4 Å². The van der Waals surface area contributed by atoms with Gasteiger partial charge in [-0.15, -0.1) is 0 Å². The lowest BCUT2D eigenvalue weighted by Crippen LogP contribution is -2.06. The third kappa shape index (κ3) is 3.86. The first kappa shape index (κ1) is 15.6. The zero-order valence-corrected chi connectivity index (χ0v) is 12.8. The zero-order chi connectivity index (χ0) is 15.9. The minimum absolute atomic E-state index is 0.279. The van der Waals surface area contributed by atoms with Crippen LogP contribution < -0.4 is 4.74 Å². The van der Waals surface area contributed by atoms with Crippen molar-refractivity contribution in [2.45, 2.75) is 13.3 Å². The number of aromatic nitrogens is 1. The van der Waals surface area contributed by atoms with Gasteiger partial charge in [-0.25, -0.2) is 9.78 Å². The Kier molecular flexibility index (Phi) is 5.16. The zero-order valence-electron chi connectivity index (χ0n) is 12.8. The van der Waals surface area contributed by atoms with Crippen molar-refractivity contribution in [3.63, 3.8) is 0 Å². The Labute approximate surface area is 130 Å². The predicted molar refractivity (Wildman–Crippen MR) is 83.9 cm³/mol. The van der Waals surface area contributed by atoms with Crippen LogP contribution in [0.5, 0.6) is 5.75 Å². The van der Waals surface area contributed by atoms with Crippen LogP contribution in [-0.2, 0) is 11.2 Å². The van der Waals surface area contributed by atoms with E-state index >= 15 is 0 Å². The summed E-state index contributed by atoms with van der Waals surface area (Å²) in [6.07, 6.45) is 0.724. The Morgan fingerprint density at radius 1 is 1.09 bits per heavy atom. The van der Waals surface area contributed by atoms with Crippen molar-refractivity contribution in [2.75, 3.05) is 14.2 Å². The van der Waals surface area contributed by atoms with Crippen LogP contribution in [0, 0.1) is 11.8 Å². The van der Waals surface area contributed by atoms with Crippen LogP contribution in [0.4, 0.5) is 0 Å². The molecule has 4 nitrogen and oxygen atoms in total. The maximum atomic E-state index is 11.6. The Morgan fingerprint density at radius 3 is 2.36 bits per heavy atom. The third-order valence-electron chi connectivity index (χ3n) is 3.08. The van der Waals surface area contributed by atoms with Crippen molar-refractivity contribution in [1.82, 2.24) is 4.98 Å². The topological polar surface area (TPSA) is 48.4 Å². The number of esters is 1. The fraction of sp³-hybridized carbons (Fsp3) is 0.222. The fourth-order valence-electron chi connectivity index (χ4n) is 1.87. The highest BCUT2D eigenvalue weighted by Crippen LogP contribution is 2.11. The molecule has 2 aromatic rings. The molecule has 0 unspecified atom stereocenters. The molecule has 1 aromatic carbocycles. The van der Waals surface area contributed by atoms with E-state index in [1.165, 1.54) is 7.11 Å². The number of rotatable bonds is 3. The predicted octanol–water partition coefficient (Wildman–Crippen LogP) is 2.84. The van der Waals surface area contributed by atoms with Gasteiger partial charge < -0.3 is 9.47 Å². The van der Waals surface area contributed by atoms with Crippen LogP contribution in [0.3, 0.4) is 0 Å². The standard InChI is InChI=1S/C18H17NO3/c1-4-15-11-14(12-17(19-15)18(20)22-3)6-5-13-7-9-16(21-2)10-8-13/h7-12H,4H2,1-3H3. The highest BCUT2D eigenvalue weighted by molar-refractivity contribution is 5.87. The van der Waals surface area contributed by atoms with E-state index in [2.05, 4.69) is 16.8 Å². The number of pyridine rings is 1. The molecule has 1 aromatic heterocycles. The smallest absolute Gasteiger partial charge is 0.356 e. The average molecular weight is 295 g/mol. The van der Waals surface area contributed by atoms with Crippen LogP contribution in [0.25, 0.3) is 0 Å². The molecule has 0 aliphatic heterocycles. The molecule has 0 bridgehead atoms. The Morgan fingerprint density at radius 2 is 1.77 bits per heavy atom. The largest absolute Gasteiger partial charge is 0.497 e. The Bertz CT molecular complexity index is 724. The van der Waals surface area contributed by atoms with Crippen LogP contribution in [0.15, 0.2) is 36.4 Å². The van der Waals surface area contributed by atoms with Gasteiger partial charge in [0.2, 0.25) is 0 Å². The number of hydrogen-bond donors (Lipinski definition) is 0. The number of carbonyl (C=O) groups excluding carboxylic acids is 1. The van der Waals surface area contributed by atoms with E-state index in [4.69, 9.17) is 9.47 Å². The van der Waals surface area contributed by atoms with Gasteiger partial charge in [0.15, 0.2) is 0 Å². The highest BCUT2D eigenvalue weighted by Gasteiger charge is 2.09. The van der Waals surface area contributed by atoms with E-state index in [1.807, 2.05) is 37.3 Å². The second-order valence-corrected chi connectivity index (χ2v) is 4.56. The third-order valence-corrected chi connectivity index (χ3v) is 3.08. The lowest BCUT2D eigenvalue weighted by molar-refractivity contribution is 0.0593. The second-order valence-electron chi connectivity index (χ2n) is 4.56. The van der Waals surface area contributed by atoms with Gasteiger partial charge >= 0.3 is 5.97 Å². The average Bonchev–Trinajstić information content (AvgIpc) is 2.59. The summed E-state index contributed by atoms with van der Waals surface area (Å²) in [7, 11) is 2.96. The van der Waals surface area contributed by atoms with Crippen LogP contribution in [-0.4, -0.2) is 25.2 Å². The first-order valence-electron chi connectivity index (χ1n) is 6.91. The molecule has 0 radical (unpaired) electrons. The van der Waals surface area contributed by atoms with E-state index in [0.717, 1.165) is 29.0 Å². The summed E-state index contributed by atoms with van der Waals surface area (Å²) >= 11 is 0. The number of methoxy groups -OCH3 is 2. The minimum Gasteiger partial charge on any atom is -0.497 e. The first-order chi connectivity index (χ1) is 10.7. The summed E-state index contributed by atoms with van der Waals surface area (Å²) in [6, 6.07) is 11.0. The lowest BCUT2D eigenvalue weighted by atomic mass is 10.1. The number of nitrogens with zero attached hydrogens (tertiary/aromatic N) is 1. The number of benzene rings is 1. The maximum Gasteiger partial charge on any atom is 0.356 e. The van der Waals surface area contributed by atoms with Gasteiger partial charge in [0.05, 0.1) is 14.2 Å². The van der Waals surface area contributed by atoms with Crippen molar-refractivity contribution in [2.24, 2.45) is 0 Å². The van der Waals surface area contributed by atoms with Crippen molar-refractivity contribution >= 4 is 5.97 Å². The van der Waals surface area contributed by atoms with Crippen molar-refractivity contribution < 1.29 is 14.3 Å². The summed E-state index contributed by atoms with van der Waals surface area (Å²) < 4.78 is 9.82. The van der Waals surface area contributed by atoms with E-state index in [1.54, 1.807) is 13.2 Å². The monoisotopic (exact) mass is 295 g/mol. The molecular formula is C18H17NO3. The van der Waals surface area contributed by atoms with Crippen molar-refractivity contribution in [1.29, 1.82) is 0 Å². The van der Waals surface area contributed by atoms with Gasteiger partial charge in [-0.05, 0) is 42.8 Å². The number of carbonyl (C=O) groups is 1. The van der Waals surface area contributed by atoms with E-state index in [-0.39, 0.29) is 5.69 Å². The molecule has 0 saturated heterocycles. The van der Waals surface area contributed by atoms with Crippen LogP contribution >= 0.6 is 0 Å². The normalized spacial score (nSPS) is 9.59. The molecule has 0 saturated carbocycles. The number of aryl methyl sites for hydroxylation is 1. The molecule has 0 spiro atoms. The molecule has 0 aliphatic carbocycles. The molecule has 0 fully saturated rings. The summed E-state index contributed by atoms with van der Waals surface area (Å²) in [5.41, 5.74) is 2.70. The van der Waals surface area contributed by atoms with Gasteiger partial charge in [0.25, 0.3) is 0 Å². The molecule has 0 atom stereocenters. The lowest BCUT2D eigenvalue weighted by Gasteiger charge is -2.03. The van der Waals surface area contributed by atoms with Gasteiger partial charge in [-0.1, -0.05) is 18.8 Å². The van der Waals surface area contributed by atoms with Crippen molar-refractivity contribution in [3.05, 3.63) is 58.9 Å². The quantitative estimate of drug-likeness (QED) is 0.645. The summed E-state index contributed by atoms with van der Waals surface area (Å²) in [5, 5.41) is 0. The van der Waals surface area contributed by atoms with E-state index < -0.39 is 5.97 Å². The SMILES string of the molecule is CCc1cc(C#Cc2ccc(OC)cc2)cc(C(=O)OC)n1. The summed E-state index contributed by atoms with van der Waals surface area (Å²) in [5.74, 6) is 6.45. The van der Waals surface area contributed by atoms with Gasteiger partial charge in [-0.2, -0.15) is 0 Å². The highest BCUT2D eigenvalue weighted by atomic mass is 16.5. The number of ether oxygens (including phenoxy) is 2. The van der Waals surface area contributed by atoms with Crippen LogP contribution in [0.2, 0.25) is 0 Å². The van der Waals surface area contributed by atoms with Gasteiger partial charge in [-0.3, -0.25) is 0 Å². The van der Waals surface area contributed by atoms with Crippen LogP contribution in [0.1, 0.15) is 34.2 Å². The summed E-state index contributed by atoms with van der Waals surface area (Å²) in [4.78, 5) is 15.9. The second kappa shape index (κ2) is 7.28.